The normalized spacial score (nSPS) is 20.4. The summed E-state index contributed by atoms with van der Waals surface area (Å²) in [5, 5.41) is 3.38. The van der Waals surface area contributed by atoms with Crippen LogP contribution in [0.2, 0.25) is 0 Å². The van der Waals surface area contributed by atoms with Gasteiger partial charge in [-0.05, 0) is 21.0 Å². The van der Waals surface area contributed by atoms with Crippen molar-refractivity contribution in [2.24, 2.45) is 0 Å². The predicted molar refractivity (Wildman–Crippen MR) is 89.9 cm³/mol. The number of aryl methyl sites for hydroxylation is 1. The van der Waals surface area contributed by atoms with E-state index in [0.717, 1.165) is 56.5 Å². The fourth-order valence-electron chi connectivity index (χ4n) is 3.03. The largest absolute Gasteiger partial charge is 0.369 e. The van der Waals surface area contributed by atoms with Gasteiger partial charge >= 0.3 is 0 Å². The van der Waals surface area contributed by atoms with Gasteiger partial charge in [-0.15, -0.1) is 0 Å². The Morgan fingerprint density at radius 1 is 1.22 bits per heavy atom. The molecule has 2 saturated heterocycles. The summed E-state index contributed by atoms with van der Waals surface area (Å²) < 4.78 is 11.6. The minimum atomic E-state index is -0.354. The van der Waals surface area contributed by atoms with Crippen LogP contribution in [0.5, 0.6) is 0 Å². The van der Waals surface area contributed by atoms with Crippen molar-refractivity contribution in [1.82, 2.24) is 14.9 Å². The Bertz CT molecular complexity index is 521. The lowest BCUT2D eigenvalue weighted by molar-refractivity contribution is -0.169. The van der Waals surface area contributed by atoms with Crippen LogP contribution in [-0.4, -0.2) is 74.1 Å². The van der Waals surface area contributed by atoms with Crippen molar-refractivity contribution in [3.63, 3.8) is 0 Å². The second kappa shape index (κ2) is 6.98. The number of hydrogen-bond donors (Lipinski definition) is 1. The maximum absolute atomic E-state index is 5.78. The van der Waals surface area contributed by atoms with Gasteiger partial charge in [0.15, 0.2) is 5.79 Å². The van der Waals surface area contributed by atoms with E-state index in [4.69, 9.17) is 9.47 Å². The van der Waals surface area contributed by atoms with Gasteiger partial charge in [0.1, 0.15) is 5.82 Å². The number of piperidine rings is 1. The van der Waals surface area contributed by atoms with Crippen molar-refractivity contribution in [3.05, 3.63) is 11.8 Å². The lowest BCUT2D eigenvalue weighted by Crippen LogP contribution is -2.45. The number of anilines is 2. The molecule has 3 rings (SSSR count). The Kier molecular flexibility index (Phi) is 4.99. The molecule has 1 aromatic heterocycles. The number of rotatable bonds is 5. The quantitative estimate of drug-likeness (QED) is 0.871. The van der Waals surface area contributed by atoms with Gasteiger partial charge in [-0.3, -0.25) is 0 Å². The first-order valence-corrected chi connectivity index (χ1v) is 8.33. The van der Waals surface area contributed by atoms with E-state index < -0.39 is 0 Å². The molecular weight excluding hydrogens is 294 g/mol. The minimum absolute atomic E-state index is 0.354. The number of nitrogens with one attached hydrogen (secondary N) is 1. The topological polar surface area (TPSA) is 62.8 Å². The summed E-state index contributed by atoms with van der Waals surface area (Å²) in [5.41, 5.74) is 0.982. The summed E-state index contributed by atoms with van der Waals surface area (Å²) in [6.07, 6.45) is 1.74. The van der Waals surface area contributed by atoms with E-state index in [0.29, 0.717) is 13.2 Å². The Balaban J connectivity index is 1.62. The van der Waals surface area contributed by atoms with Gasteiger partial charge in [0.2, 0.25) is 5.95 Å². The molecule has 1 aromatic rings. The molecule has 2 fully saturated rings. The molecular formula is C16H27N5O2. The number of nitrogens with zero attached hydrogens (tertiary/aromatic N) is 4. The van der Waals surface area contributed by atoms with E-state index >= 15 is 0 Å². The van der Waals surface area contributed by atoms with Crippen molar-refractivity contribution in [2.75, 3.05) is 63.7 Å². The third-order valence-corrected chi connectivity index (χ3v) is 4.33. The highest BCUT2D eigenvalue weighted by Crippen LogP contribution is 2.32. The lowest BCUT2D eigenvalue weighted by Gasteiger charge is -2.37. The van der Waals surface area contributed by atoms with Crippen LogP contribution in [-0.2, 0) is 9.47 Å². The molecule has 0 unspecified atom stereocenters. The highest BCUT2D eigenvalue weighted by Gasteiger charge is 2.40. The van der Waals surface area contributed by atoms with Crippen molar-refractivity contribution >= 4 is 11.8 Å². The zero-order valence-electron chi connectivity index (χ0n) is 14.3. The van der Waals surface area contributed by atoms with Crippen LogP contribution in [0.3, 0.4) is 0 Å². The van der Waals surface area contributed by atoms with Gasteiger partial charge in [-0.25, -0.2) is 4.98 Å². The Morgan fingerprint density at radius 2 is 1.91 bits per heavy atom. The second-order valence-corrected chi connectivity index (χ2v) is 6.52. The molecule has 128 valence electrons. The molecule has 23 heavy (non-hydrogen) atoms. The predicted octanol–water partition coefficient (Wildman–Crippen LogP) is 1.10. The third kappa shape index (κ3) is 4.10. The van der Waals surface area contributed by atoms with E-state index in [-0.39, 0.29) is 5.79 Å². The molecule has 1 N–H and O–H groups in total. The standard InChI is InChI=1S/C16H27N5O2/c1-13-12-14(17-6-9-20(2)3)19-15(18-13)21-7-4-16(5-8-21)22-10-11-23-16/h12H,4-11H2,1-3H3,(H,17,18,19). The fraction of sp³-hybridized carbons (Fsp3) is 0.750. The van der Waals surface area contributed by atoms with E-state index in [1.807, 2.05) is 13.0 Å². The highest BCUT2D eigenvalue weighted by molar-refractivity contribution is 5.44. The number of hydrogen-bond acceptors (Lipinski definition) is 7. The molecule has 0 saturated carbocycles. The Hall–Kier alpha value is -1.44. The molecule has 0 aromatic carbocycles. The summed E-state index contributed by atoms with van der Waals surface area (Å²) >= 11 is 0. The fourth-order valence-corrected chi connectivity index (χ4v) is 3.03. The maximum atomic E-state index is 5.78. The van der Waals surface area contributed by atoms with Crippen LogP contribution < -0.4 is 10.2 Å². The van der Waals surface area contributed by atoms with E-state index in [1.54, 1.807) is 0 Å². The molecule has 0 amide bonds. The van der Waals surface area contributed by atoms with Crippen LogP contribution in [0, 0.1) is 6.92 Å². The molecule has 7 heteroatoms. The monoisotopic (exact) mass is 321 g/mol. The summed E-state index contributed by atoms with van der Waals surface area (Å²) in [7, 11) is 4.13. The molecule has 3 heterocycles. The number of ether oxygens (including phenoxy) is 2. The molecule has 0 atom stereocenters. The average Bonchev–Trinajstić information content (AvgIpc) is 2.95. The van der Waals surface area contributed by atoms with Crippen molar-refractivity contribution in [2.45, 2.75) is 25.6 Å². The number of aromatic nitrogens is 2. The molecule has 2 aliphatic heterocycles. The Labute approximate surface area is 138 Å². The van der Waals surface area contributed by atoms with Crippen LogP contribution >= 0.6 is 0 Å². The molecule has 2 aliphatic rings. The van der Waals surface area contributed by atoms with Gasteiger partial charge in [0.05, 0.1) is 13.2 Å². The first kappa shape index (κ1) is 16.4. The third-order valence-electron chi connectivity index (χ3n) is 4.33. The summed E-state index contributed by atoms with van der Waals surface area (Å²) in [6, 6.07) is 1.99. The zero-order valence-corrected chi connectivity index (χ0v) is 14.3. The molecule has 7 nitrogen and oxygen atoms in total. The van der Waals surface area contributed by atoms with Gasteiger partial charge in [0.25, 0.3) is 0 Å². The van der Waals surface area contributed by atoms with Crippen molar-refractivity contribution < 1.29 is 9.47 Å². The van der Waals surface area contributed by atoms with E-state index in [1.165, 1.54) is 0 Å². The van der Waals surface area contributed by atoms with Gasteiger partial charge in [0, 0.05) is 50.8 Å². The smallest absolute Gasteiger partial charge is 0.227 e. The van der Waals surface area contributed by atoms with Gasteiger partial charge in [-0.1, -0.05) is 0 Å². The van der Waals surface area contributed by atoms with E-state index in [9.17, 15) is 0 Å². The second-order valence-electron chi connectivity index (χ2n) is 6.52. The Morgan fingerprint density at radius 3 is 2.57 bits per heavy atom. The SMILES string of the molecule is Cc1cc(NCCN(C)C)nc(N2CCC3(CC2)OCCO3)n1. The van der Waals surface area contributed by atoms with Crippen molar-refractivity contribution in [1.29, 1.82) is 0 Å². The first-order chi connectivity index (χ1) is 11.1. The van der Waals surface area contributed by atoms with Crippen LogP contribution in [0.25, 0.3) is 0 Å². The van der Waals surface area contributed by atoms with Crippen LogP contribution in [0.1, 0.15) is 18.5 Å². The van der Waals surface area contributed by atoms with Crippen LogP contribution in [0.15, 0.2) is 6.07 Å². The summed E-state index contributed by atoms with van der Waals surface area (Å²) in [5.74, 6) is 1.33. The highest BCUT2D eigenvalue weighted by atomic mass is 16.7. The molecule has 0 aliphatic carbocycles. The molecule has 0 bridgehead atoms. The summed E-state index contributed by atoms with van der Waals surface area (Å²) in [4.78, 5) is 13.6. The first-order valence-electron chi connectivity index (χ1n) is 8.33. The minimum Gasteiger partial charge on any atom is -0.369 e. The lowest BCUT2D eigenvalue weighted by atomic mass is 10.0. The van der Waals surface area contributed by atoms with Crippen LogP contribution in [0.4, 0.5) is 11.8 Å². The van der Waals surface area contributed by atoms with Gasteiger partial charge < -0.3 is 24.6 Å². The average molecular weight is 321 g/mol. The van der Waals surface area contributed by atoms with Crippen molar-refractivity contribution in [3.8, 4) is 0 Å². The molecule has 1 spiro atoms. The zero-order chi connectivity index (χ0) is 16.3. The van der Waals surface area contributed by atoms with Gasteiger partial charge in [-0.2, -0.15) is 4.98 Å². The number of likely N-dealkylation sites (N-methyl/N-ethyl adjacent to an activating group) is 1. The van der Waals surface area contributed by atoms with E-state index in [2.05, 4.69) is 39.2 Å². The maximum Gasteiger partial charge on any atom is 0.227 e. The molecule has 0 radical (unpaired) electrons. The summed E-state index contributed by atoms with van der Waals surface area (Å²) in [6.45, 7) is 6.99.